The van der Waals surface area contributed by atoms with Crippen LogP contribution in [0.1, 0.15) is 22.8 Å². The van der Waals surface area contributed by atoms with Crippen LogP contribution >= 0.6 is 11.6 Å². The molecule has 4 nitrogen and oxygen atoms in total. The van der Waals surface area contributed by atoms with Gasteiger partial charge in [-0.3, -0.25) is 9.59 Å². The molecular weight excluding hydrogens is 266 g/mol. The lowest BCUT2D eigenvalue weighted by Gasteiger charge is -2.16. The SMILES string of the molecule is COC1=NCC(=O)C=C1c1cc(Cl)ccc1C(C)=O. The summed E-state index contributed by atoms with van der Waals surface area (Å²) in [6, 6.07) is 4.90. The summed E-state index contributed by atoms with van der Waals surface area (Å²) in [5.41, 5.74) is 1.54. The summed E-state index contributed by atoms with van der Waals surface area (Å²) in [6.45, 7) is 1.52. The fourth-order valence-corrected chi connectivity index (χ4v) is 2.09. The maximum atomic E-state index is 11.7. The van der Waals surface area contributed by atoms with Crippen molar-refractivity contribution in [3.05, 3.63) is 40.4 Å². The van der Waals surface area contributed by atoms with Crippen molar-refractivity contribution in [2.45, 2.75) is 6.92 Å². The molecule has 1 aliphatic heterocycles. The van der Waals surface area contributed by atoms with Gasteiger partial charge in [-0.15, -0.1) is 0 Å². The number of nitrogens with zero attached hydrogens (tertiary/aromatic N) is 1. The Kier molecular flexibility index (Phi) is 3.81. The Hall–Kier alpha value is -1.94. The third-order valence-electron chi connectivity index (χ3n) is 2.76. The molecule has 19 heavy (non-hydrogen) atoms. The van der Waals surface area contributed by atoms with Crippen LogP contribution in [0.4, 0.5) is 0 Å². The molecule has 98 valence electrons. The number of carbonyl (C=O) groups is 2. The van der Waals surface area contributed by atoms with E-state index in [1.165, 1.54) is 20.1 Å². The standard InChI is InChI=1S/C14H12ClNO3/c1-8(17)11-4-3-9(15)5-12(11)13-6-10(18)7-16-14(13)19-2/h3-6H,7H2,1-2H3. The molecule has 0 radical (unpaired) electrons. The zero-order valence-corrected chi connectivity index (χ0v) is 11.3. The van der Waals surface area contributed by atoms with Crippen molar-refractivity contribution in [2.24, 2.45) is 4.99 Å². The van der Waals surface area contributed by atoms with E-state index in [1.807, 2.05) is 0 Å². The van der Waals surface area contributed by atoms with E-state index in [0.717, 1.165) is 0 Å². The van der Waals surface area contributed by atoms with E-state index in [4.69, 9.17) is 16.3 Å². The fraction of sp³-hybridized carbons (Fsp3) is 0.214. The van der Waals surface area contributed by atoms with Gasteiger partial charge in [0.25, 0.3) is 0 Å². The van der Waals surface area contributed by atoms with Gasteiger partial charge in [-0.05, 0) is 36.8 Å². The second-order valence-electron chi connectivity index (χ2n) is 4.10. The summed E-state index contributed by atoms with van der Waals surface area (Å²) >= 11 is 5.96. The third kappa shape index (κ3) is 2.74. The minimum Gasteiger partial charge on any atom is -0.481 e. The van der Waals surface area contributed by atoms with Crippen LogP contribution in [0.15, 0.2) is 29.3 Å². The van der Waals surface area contributed by atoms with Gasteiger partial charge in [0.05, 0.1) is 7.11 Å². The fourth-order valence-electron chi connectivity index (χ4n) is 1.92. The first-order chi connectivity index (χ1) is 9.02. The van der Waals surface area contributed by atoms with Crippen LogP contribution in [0.25, 0.3) is 5.57 Å². The van der Waals surface area contributed by atoms with Gasteiger partial charge < -0.3 is 4.74 Å². The monoisotopic (exact) mass is 277 g/mol. The van der Waals surface area contributed by atoms with Crippen LogP contribution in [0.5, 0.6) is 0 Å². The number of carbonyl (C=O) groups excluding carboxylic acids is 2. The molecule has 0 unspecified atom stereocenters. The zero-order valence-electron chi connectivity index (χ0n) is 10.6. The van der Waals surface area contributed by atoms with Gasteiger partial charge in [0.1, 0.15) is 6.54 Å². The smallest absolute Gasteiger partial charge is 0.217 e. The first-order valence-corrected chi connectivity index (χ1v) is 6.05. The molecule has 5 heteroatoms. The molecule has 0 aliphatic carbocycles. The average Bonchev–Trinajstić information content (AvgIpc) is 2.38. The van der Waals surface area contributed by atoms with Crippen molar-refractivity contribution in [3.63, 3.8) is 0 Å². The number of Topliss-reactive ketones (excluding diaryl/α,β-unsaturated/α-hetero) is 1. The van der Waals surface area contributed by atoms with Crippen LogP contribution in [-0.2, 0) is 9.53 Å². The highest BCUT2D eigenvalue weighted by atomic mass is 35.5. The van der Waals surface area contributed by atoms with Gasteiger partial charge >= 0.3 is 0 Å². The first-order valence-electron chi connectivity index (χ1n) is 5.67. The summed E-state index contributed by atoms with van der Waals surface area (Å²) in [5, 5.41) is 0.481. The highest BCUT2D eigenvalue weighted by Gasteiger charge is 2.21. The average molecular weight is 278 g/mol. The van der Waals surface area contributed by atoms with Crippen LogP contribution in [0.3, 0.4) is 0 Å². The number of benzene rings is 1. The second kappa shape index (κ2) is 5.36. The Balaban J connectivity index is 2.62. The summed E-state index contributed by atoms with van der Waals surface area (Å²) < 4.78 is 5.16. The third-order valence-corrected chi connectivity index (χ3v) is 2.99. The molecule has 0 amide bonds. The Morgan fingerprint density at radius 1 is 1.42 bits per heavy atom. The van der Waals surface area contributed by atoms with E-state index in [1.54, 1.807) is 18.2 Å². The topological polar surface area (TPSA) is 55.7 Å². The zero-order chi connectivity index (χ0) is 14.0. The maximum absolute atomic E-state index is 11.7. The Morgan fingerprint density at radius 3 is 2.79 bits per heavy atom. The molecule has 1 aromatic rings. The molecule has 1 aliphatic rings. The van der Waals surface area contributed by atoms with E-state index in [2.05, 4.69) is 4.99 Å². The molecule has 1 heterocycles. The molecule has 0 spiro atoms. The van der Waals surface area contributed by atoms with Gasteiger partial charge in [0.15, 0.2) is 11.6 Å². The highest BCUT2D eigenvalue weighted by Crippen LogP contribution is 2.27. The number of aliphatic imine (C=N–C) groups is 1. The number of ketones is 2. The number of dihydropyridines is 1. The predicted octanol–water partition coefficient (Wildman–Crippen LogP) is 2.55. The number of hydrogen-bond acceptors (Lipinski definition) is 4. The van der Waals surface area contributed by atoms with Crippen LogP contribution in [-0.4, -0.2) is 31.1 Å². The lowest BCUT2D eigenvalue weighted by molar-refractivity contribution is -0.113. The van der Waals surface area contributed by atoms with E-state index >= 15 is 0 Å². The Bertz CT molecular complexity index is 617. The van der Waals surface area contributed by atoms with Gasteiger partial charge in [0, 0.05) is 16.2 Å². The van der Waals surface area contributed by atoms with E-state index < -0.39 is 0 Å². The van der Waals surface area contributed by atoms with Crippen LogP contribution in [0.2, 0.25) is 5.02 Å². The quantitative estimate of drug-likeness (QED) is 0.781. The summed E-state index contributed by atoms with van der Waals surface area (Å²) in [4.78, 5) is 27.2. The highest BCUT2D eigenvalue weighted by molar-refractivity contribution is 6.32. The normalized spacial score (nSPS) is 14.8. The molecular formula is C14H12ClNO3. The first kappa shape index (κ1) is 13.5. The molecule has 0 saturated carbocycles. The van der Waals surface area contributed by atoms with Crippen molar-refractivity contribution in [1.82, 2.24) is 0 Å². The van der Waals surface area contributed by atoms with Crippen LogP contribution < -0.4 is 0 Å². The number of methoxy groups -OCH3 is 1. The maximum Gasteiger partial charge on any atom is 0.217 e. The van der Waals surface area contributed by atoms with Gasteiger partial charge in [-0.2, -0.15) is 0 Å². The van der Waals surface area contributed by atoms with Crippen molar-refractivity contribution < 1.29 is 14.3 Å². The molecule has 0 N–H and O–H groups in total. The Labute approximate surface area is 115 Å². The van der Waals surface area contributed by atoms with E-state index in [-0.39, 0.29) is 18.1 Å². The number of hydrogen-bond donors (Lipinski definition) is 0. The molecule has 1 aromatic carbocycles. The molecule has 2 rings (SSSR count). The molecule has 0 atom stereocenters. The van der Waals surface area contributed by atoms with Gasteiger partial charge in [0.2, 0.25) is 5.90 Å². The summed E-state index contributed by atoms with van der Waals surface area (Å²) in [5.74, 6) is 0.0932. The number of halogens is 1. The van der Waals surface area contributed by atoms with Crippen molar-refractivity contribution in [1.29, 1.82) is 0 Å². The van der Waals surface area contributed by atoms with Crippen molar-refractivity contribution in [2.75, 3.05) is 13.7 Å². The second-order valence-corrected chi connectivity index (χ2v) is 4.53. The summed E-state index contributed by atoms with van der Waals surface area (Å²) in [6.07, 6.45) is 1.43. The van der Waals surface area contributed by atoms with Crippen LogP contribution in [0, 0.1) is 0 Å². The predicted molar refractivity (Wildman–Crippen MR) is 73.8 cm³/mol. The molecule has 0 bridgehead atoms. The Morgan fingerprint density at radius 2 is 2.16 bits per heavy atom. The van der Waals surface area contributed by atoms with Crippen molar-refractivity contribution in [3.8, 4) is 0 Å². The minimum absolute atomic E-state index is 0.0582. The molecule has 0 fully saturated rings. The lowest BCUT2D eigenvalue weighted by Crippen LogP contribution is -2.17. The van der Waals surface area contributed by atoms with Gasteiger partial charge in [-0.25, -0.2) is 4.99 Å². The lowest BCUT2D eigenvalue weighted by atomic mass is 9.95. The van der Waals surface area contributed by atoms with E-state index in [0.29, 0.717) is 27.6 Å². The van der Waals surface area contributed by atoms with E-state index in [9.17, 15) is 9.59 Å². The van der Waals surface area contributed by atoms with Crippen molar-refractivity contribution >= 4 is 34.6 Å². The van der Waals surface area contributed by atoms with Gasteiger partial charge in [-0.1, -0.05) is 11.6 Å². The minimum atomic E-state index is -0.134. The largest absolute Gasteiger partial charge is 0.481 e. The summed E-state index contributed by atoms with van der Waals surface area (Å²) in [7, 11) is 1.47. The molecule has 0 saturated heterocycles. The molecule has 0 aromatic heterocycles. The number of rotatable bonds is 2. The number of ether oxygens (including phenoxy) is 1.